The van der Waals surface area contributed by atoms with Crippen LogP contribution in [0.15, 0.2) is 91.0 Å². The Labute approximate surface area is 195 Å². The second kappa shape index (κ2) is 12.0. The number of hydrogen-bond donors (Lipinski definition) is 2. The first-order valence-electron chi connectivity index (χ1n) is 11.2. The highest BCUT2D eigenvalue weighted by atomic mass is 16.6. The van der Waals surface area contributed by atoms with E-state index < -0.39 is 30.5 Å². The second-order valence-electron chi connectivity index (χ2n) is 8.12. The SMILES string of the molecule is CON[C@@H]1[C@@H](O)[C@@H](OCc2ccccc2)[C@H](OCc2ccccc2)[C@H]1OCc1ccccc1. The Bertz CT molecular complexity index is 941. The van der Waals surface area contributed by atoms with Gasteiger partial charge in [-0.3, -0.25) is 0 Å². The molecular weight excluding hydrogens is 418 g/mol. The van der Waals surface area contributed by atoms with E-state index in [0.29, 0.717) is 19.8 Å². The quantitative estimate of drug-likeness (QED) is 0.436. The zero-order valence-corrected chi connectivity index (χ0v) is 18.7. The van der Waals surface area contributed by atoms with Crippen molar-refractivity contribution >= 4 is 0 Å². The molecule has 6 heteroatoms. The van der Waals surface area contributed by atoms with E-state index in [2.05, 4.69) is 5.48 Å². The number of hydroxylamine groups is 1. The van der Waals surface area contributed by atoms with Crippen molar-refractivity contribution in [2.75, 3.05) is 7.11 Å². The molecule has 3 aromatic carbocycles. The molecule has 3 aromatic rings. The lowest BCUT2D eigenvalue weighted by Gasteiger charge is -2.27. The van der Waals surface area contributed by atoms with Crippen LogP contribution in [0.2, 0.25) is 0 Å². The molecule has 0 radical (unpaired) electrons. The number of nitrogens with one attached hydrogen (secondary N) is 1. The molecule has 174 valence electrons. The topological polar surface area (TPSA) is 69.2 Å². The Balaban J connectivity index is 1.53. The van der Waals surface area contributed by atoms with Gasteiger partial charge in [-0.2, -0.15) is 5.48 Å². The van der Waals surface area contributed by atoms with Gasteiger partial charge in [-0.1, -0.05) is 91.0 Å². The predicted octanol–water partition coefficient (Wildman–Crippen LogP) is 3.64. The summed E-state index contributed by atoms with van der Waals surface area (Å²) in [6.07, 6.45) is -2.46. The van der Waals surface area contributed by atoms with Crippen molar-refractivity contribution in [1.82, 2.24) is 5.48 Å². The number of ether oxygens (including phenoxy) is 3. The van der Waals surface area contributed by atoms with Gasteiger partial charge >= 0.3 is 0 Å². The summed E-state index contributed by atoms with van der Waals surface area (Å²) in [6.45, 7) is 1.13. The maximum atomic E-state index is 11.2. The van der Waals surface area contributed by atoms with Gasteiger partial charge in [0.1, 0.15) is 24.4 Å². The average Bonchev–Trinajstić information content (AvgIpc) is 3.12. The molecule has 0 aromatic heterocycles. The fourth-order valence-corrected chi connectivity index (χ4v) is 4.14. The average molecular weight is 450 g/mol. The molecule has 0 unspecified atom stereocenters. The molecule has 1 aliphatic rings. The highest BCUT2D eigenvalue weighted by Gasteiger charge is 2.53. The van der Waals surface area contributed by atoms with Crippen molar-refractivity contribution in [3.8, 4) is 0 Å². The third-order valence-corrected chi connectivity index (χ3v) is 5.82. The van der Waals surface area contributed by atoms with Crippen molar-refractivity contribution in [3.63, 3.8) is 0 Å². The summed E-state index contributed by atoms with van der Waals surface area (Å²) in [6, 6.07) is 29.3. The zero-order chi connectivity index (χ0) is 22.9. The molecule has 1 fully saturated rings. The minimum Gasteiger partial charge on any atom is -0.388 e. The molecule has 0 aliphatic heterocycles. The lowest BCUT2D eigenvalue weighted by Crippen LogP contribution is -2.46. The second-order valence-corrected chi connectivity index (χ2v) is 8.12. The van der Waals surface area contributed by atoms with Crippen LogP contribution in [0.25, 0.3) is 0 Å². The van der Waals surface area contributed by atoms with Gasteiger partial charge in [0.15, 0.2) is 0 Å². The molecule has 0 heterocycles. The lowest BCUT2D eigenvalue weighted by atomic mass is 10.2. The Morgan fingerprint density at radius 1 is 0.606 bits per heavy atom. The molecule has 1 saturated carbocycles. The van der Waals surface area contributed by atoms with Crippen molar-refractivity contribution < 1.29 is 24.2 Å². The van der Waals surface area contributed by atoms with E-state index in [9.17, 15) is 5.11 Å². The van der Waals surface area contributed by atoms with Gasteiger partial charge in [-0.05, 0) is 16.7 Å². The highest BCUT2D eigenvalue weighted by Crippen LogP contribution is 2.31. The standard InChI is InChI=1S/C27H31NO5/c1-30-28-23-24(29)26(32-18-21-13-7-3-8-14-21)27(33-19-22-15-9-4-10-16-22)25(23)31-17-20-11-5-2-6-12-20/h2-16,23-29H,17-19H2,1H3/t23-,24-,25+,26-,27-/m1/s1. The Morgan fingerprint density at radius 2 is 1.00 bits per heavy atom. The Kier molecular flexibility index (Phi) is 8.60. The summed E-state index contributed by atoms with van der Waals surface area (Å²) in [7, 11) is 1.53. The molecule has 2 N–H and O–H groups in total. The van der Waals surface area contributed by atoms with E-state index in [1.54, 1.807) is 0 Å². The minimum atomic E-state index is -0.879. The van der Waals surface area contributed by atoms with Crippen LogP contribution in [0.4, 0.5) is 0 Å². The summed E-state index contributed by atoms with van der Waals surface area (Å²) >= 11 is 0. The molecular formula is C27H31NO5. The van der Waals surface area contributed by atoms with E-state index >= 15 is 0 Å². The summed E-state index contributed by atoms with van der Waals surface area (Å²) in [4.78, 5) is 5.20. The maximum Gasteiger partial charge on any atom is 0.115 e. The molecule has 0 spiro atoms. The number of hydrogen-bond acceptors (Lipinski definition) is 6. The summed E-state index contributed by atoms with van der Waals surface area (Å²) in [5.74, 6) is 0. The van der Waals surface area contributed by atoms with Gasteiger partial charge in [0.05, 0.1) is 33.0 Å². The summed E-state index contributed by atoms with van der Waals surface area (Å²) in [5.41, 5.74) is 6.01. The van der Waals surface area contributed by atoms with Gasteiger partial charge in [-0.15, -0.1) is 0 Å². The number of aliphatic hydroxyl groups is 1. The number of rotatable bonds is 11. The molecule has 1 aliphatic carbocycles. The normalized spacial score (nSPS) is 24.7. The fraction of sp³-hybridized carbons (Fsp3) is 0.333. The molecule has 33 heavy (non-hydrogen) atoms. The van der Waals surface area contributed by atoms with Gasteiger partial charge < -0.3 is 24.2 Å². The highest BCUT2D eigenvalue weighted by molar-refractivity contribution is 5.16. The van der Waals surface area contributed by atoms with Gasteiger partial charge in [-0.25, -0.2) is 0 Å². The smallest absolute Gasteiger partial charge is 0.115 e. The molecule has 4 rings (SSSR count). The molecule has 0 amide bonds. The summed E-state index contributed by atoms with van der Waals surface area (Å²) < 4.78 is 18.8. The first kappa shape index (κ1) is 23.6. The van der Waals surface area contributed by atoms with Crippen LogP contribution in [0.1, 0.15) is 16.7 Å². The first-order chi connectivity index (χ1) is 16.3. The largest absolute Gasteiger partial charge is 0.388 e. The van der Waals surface area contributed by atoms with Crippen LogP contribution >= 0.6 is 0 Å². The van der Waals surface area contributed by atoms with Crippen LogP contribution in [0, 0.1) is 0 Å². The van der Waals surface area contributed by atoms with E-state index in [1.807, 2.05) is 91.0 Å². The van der Waals surface area contributed by atoms with Crippen LogP contribution in [0.3, 0.4) is 0 Å². The summed E-state index contributed by atoms with van der Waals surface area (Å²) in [5, 5.41) is 11.2. The van der Waals surface area contributed by atoms with Crippen LogP contribution in [0.5, 0.6) is 0 Å². The Hall–Kier alpha value is -2.58. The predicted molar refractivity (Wildman–Crippen MR) is 125 cm³/mol. The molecule has 0 saturated heterocycles. The van der Waals surface area contributed by atoms with Gasteiger partial charge in [0, 0.05) is 0 Å². The van der Waals surface area contributed by atoms with Gasteiger partial charge in [0.25, 0.3) is 0 Å². The monoisotopic (exact) mass is 449 g/mol. The minimum absolute atomic E-state index is 0.360. The van der Waals surface area contributed by atoms with Crippen molar-refractivity contribution in [3.05, 3.63) is 108 Å². The van der Waals surface area contributed by atoms with E-state index in [4.69, 9.17) is 19.0 Å². The first-order valence-corrected chi connectivity index (χ1v) is 11.2. The van der Waals surface area contributed by atoms with Crippen LogP contribution in [-0.4, -0.2) is 42.7 Å². The lowest BCUT2D eigenvalue weighted by molar-refractivity contribution is -0.134. The van der Waals surface area contributed by atoms with E-state index in [1.165, 1.54) is 7.11 Å². The van der Waals surface area contributed by atoms with E-state index in [0.717, 1.165) is 16.7 Å². The van der Waals surface area contributed by atoms with Crippen molar-refractivity contribution in [2.24, 2.45) is 0 Å². The molecule has 0 bridgehead atoms. The fourth-order valence-electron chi connectivity index (χ4n) is 4.14. The van der Waals surface area contributed by atoms with Crippen molar-refractivity contribution in [2.45, 2.75) is 50.3 Å². The third-order valence-electron chi connectivity index (χ3n) is 5.82. The number of aliphatic hydroxyl groups excluding tert-OH is 1. The Morgan fingerprint density at radius 3 is 1.42 bits per heavy atom. The third kappa shape index (κ3) is 6.26. The molecule has 5 atom stereocenters. The van der Waals surface area contributed by atoms with Crippen molar-refractivity contribution in [1.29, 1.82) is 0 Å². The van der Waals surface area contributed by atoms with Crippen LogP contribution < -0.4 is 5.48 Å². The van der Waals surface area contributed by atoms with Gasteiger partial charge in [0.2, 0.25) is 0 Å². The van der Waals surface area contributed by atoms with Crippen LogP contribution in [-0.2, 0) is 38.9 Å². The van der Waals surface area contributed by atoms with E-state index in [-0.39, 0.29) is 0 Å². The number of benzene rings is 3. The maximum absolute atomic E-state index is 11.2. The zero-order valence-electron chi connectivity index (χ0n) is 18.7. The molecule has 6 nitrogen and oxygen atoms in total.